The highest BCUT2D eigenvalue weighted by Gasteiger charge is 2.10. The molecule has 1 aliphatic rings. The molecule has 1 fully saturated rings. The summed E-state index contributed by atoms with van der Waals surface area (Å²) < 4.78 is 5.25. The summed E-state index contributed by atoms with van der Waals surface area (Å²) in [6.45, 7) is 4.37. The van der Waals surface area contributed by atoms with Gasteiger partial charge in [0.2, 0.25) is 0 Å². The van der Waals surface area contributed by atoms with Crippen molar-refractivity contribution in [3.05, 3.63) is 24.0 Å². The highest BCUT2D eigenvalue weighted by molar-refractivity contribution is 5.17. The molecule has 0 radical (unpaired) electrons. The lowest BCUT2D eigenvalue weighted by Gasteiger charge is -2.26. The first kappa shape index (κ1) is 9.43. The Balaban J connectivity index is 1.92. The molecule has 0 unspecified atom stereocenters. The third kappa shape index (κ3) is 2.43. The summed E-state index contributed by atoms with van der Waals surface area (Å²) >= 11 is 0. The molecule has 4 heteroatoms. The molecule has 1 aromatic rings. The number of pyridine rings is 1. The normalized spacial score (nSPS) is 18.3. The van der Waals surface area contributed by atoms with Crippen LogP contribution in [0.1, 0.15) is 5.69 Å². The predicted octanol–water partition coefficient (Wildman–Crippen LogP) is 0.619. The number of aromatic nitrogens is 1. The Hall–Kier alpha value is -1.13. The van der Waals surface area contributed by atoms with Gasteiger partial charge >= 0.3 is 0 Å². The molecule has 0 amide bonds. The fourth-order valence-corrected chi connectivity index (χ4v) is 1.50. The molecule has 0 spiro atoms. The Morgan fingerprint density at radius 3 is 2.79 bits per heavy atom. The SMILES string of the molecule is Oc1ccc(CN2CCOCC2)nc1. The fourth-order valence-electron chi connectivity index (χ4n) is 1.50. The van der Waals surface area contributed by atoms with Crippen molar-refractivity contribution in [3.8, 4) is 5.75 Å². The van der Waals surface area contributed by atoms with E-state index in [4.69, 9.17) is 9.84 Å². The number of aromatic hydroxyl groups is 1. The van der Waals surface area contributed by atoms with Crippen molar-refractivity contribution in [2.75, 3.05) is 26.3 Å². The van der Waals surface area contributed by atoms with Crippen LogP contribution in [0, 0.1) is 0 Å². The molecular weight excluding hydrogens is 180 g/mol. The van der Waals surface area contributed by atoms with Crippen molar-refractivity contribution in [1.29, 1.82) is 0 Å². The van der Waals surface area contributed by atoms with Crippen molar-refractivity contribution in [2.24, 2.45) is 0 Å². The summed E-state index contributed by atoms with van der Waals surface area (Å²) in [5.41, 5.74) is 0.990. The van der Waals surface area contributed by atoms with Gasteiger partial charge in [0.05, 0.1) is 25.1 Å². The second-order valence-electron chi connectivity index (χ2n) is 3.40. The van der Waals surface area contributed by atoms with Crippen LogP contribution in [0.5, 0.6) is 5.75 Å². The van der Waals surface area contributed by atoms with Gasteiger partial charge in [-0.1, -0.05) is 0 Å². The van der Waals surface area contributed by atoms with E-state index in [1.165, 1.54) is 6.20 Å². The lowest BCUT2D eigenvalue weighted by Crippen LogP contribution is -2.35. The van der Waals surface area contributed by atoms with Crippen molar-refractivity contribution < 1.29 is 9.84 Å². The highest BCUT2D eigenvalue weighted by Crippen LogP contribution is 2.09. The van der Waals surface area contributed by atoms with Gasteiger partial charge < -0.3 is 9.84 Å². The Bertz CT molecular complexity index is 281. The Kier molecular flexibility index (Phi) is 2.96. The summed E-state index contributed by atoms with van der Waals surface area (Å²) in [5, 5.41) is 9.07. The van der Waals surface area contributed by atoms with Gasteiger partial charge in [0.1, 0.15) is 5.75 Å². The van der Waals surface area contributed by atoms with Crippen molar-refractivity contribution in [1.82, 2.24) is 9.88 Å². The van der Waals surface area contributed by atoms with E-state index >= 15 is 0 Å². The zero-order chi connectivity index (χ0) is 9.80. The summed E-state index contributed by atoms with van der Waals surface area (Å²) in [6.07, 6.45) is 1.48. The average molecular weight is 194 g/mol. The topological polar surface area (TPSA) is 45.6 Å². The fraction of sp³-hybridized carbons (Fsp3) is 0.500. The summed E-state index contributed by atoms with van der Waals surface area (Å²) in [6, 6.07) is 3.52. The molecule has 2 heterocycles. The first-order chi connectivity index (χ1) is 6.84. The van der Waals surface area contributed by atoms with Crippen LogP contribution in [-0.4, -0.2) is 41.3 Å². The van der Waals surface area contributed by atoms with Gasteiger partial charge in [-0.15, -0.1) is 0 Å². The molecule has 1 aliphatic heterocycles. The molecule has 0 aromatic carbocycles. The maximum atomic E-state index is 9.07. The van der Waals surface area contributed by atoms with Gasteiger partial charge in [-0.05, 0) is 12.1 Å². The minimum atomic E-state index is 0.218. The van der Waals surface area contributed by atoms with Gasteiger partial charge in [0.25, 0.3) is 0 Å². The van der Waals surface area contributed by atoms with Crippen LogP contribution in [0.25, 0.3) is 0 Å². The van der Waals surface area contributed by atoms with E-state index < -0.39 is 0 Å². The zero-order valence-corrected chi connectivity index (χ0v) is 8.02. The molecule has 1 aromatic heterocycles. The quantitative estimate of drug-likeness (QED) is 0.749. The molecule has 1 N–H and O–H groups in total. The van der Waals surface area contributed by atoms with Gasteiger partial charge in [0.15, 0.2) is 0 Å². The smallest absolute Gasteiger partial charge is 0.133 e. The van der Waals surface area contributed by atoms with Crippen LogP contribution in [-0.2, 0) is 11.3 Å². The molecular formula is C10H14N2O2. The predicted molar refractivity (Wildman–Crippen MR) is 52.0 cm³/mol. The first-order valence-electron chi connectivity index (χ1n) is 4.78. The minimum Gasteiger partial charge on any atom is -0.506 e. The van der Waals surface area contributed by atoms with Crippen molar-refractivity contribution >= 4 is 0 Å². The van der Waals surface area contributed by atoms with Gasteiger partial charge in [0, 0.05) is 19.6 Å². The van der Waals surface area contributed by atoms with E-state index in [1.54, 1.807) is 6.07 Å². The lowest BCUT2D eigenvalue weighted by molar-refractivity contribution is 0.0336. The van der Waals surface area contributed by atoms with E-state index in [9.17, 15) is 0 Å². The molecule has 76 valence electrons. The minimum absolute atomic E-state index is 0.218. The third-order valence-corrected chi connectivity index (χ3v) is 2.30. The summed E-state index contributed by atoms with van der Waals surface area (Å²) in [4.78, 5) is 6.43. The van der Waals surface area contributed by atoms with E-state index in [0.29, 0.717) is 0 Å². The second kappa shape index (κ2) is 4.39. The van der Waals surface area contributed by atoms with Gasteiger partial charge in [-0.25, -0.2) is 0 Å². The molecule has 0 aliphatic carbocycles. The highest BCUT2D eigenvalue weighted by atomic mass is 16.5. The molecule has 0 bridgehead atoms. The van der Waals surface area contributed by atoms with Crippen LogP contribution in [0.15, 0.2) is 18.3 Å². The second-order valence-corrected chi connectivity index (χ2v) is 3.40. The molecule has 4 nitrogen and oxygen atoms in total. The number of morpholine rings is 1. The number of ether oxygens (including phenoxy) is 1. The Morgan fingerprint density at radius 2 is 2.14 bits per heavy atom. The van der Waals surface area contributed by atoms with Crippen LogP contribution >= 0.6 is 0 Å². The van der Waals surface area contributed by atoms with Crippen molar-refractivity contribution in [2.45, 2.75) is 6.54 Å². The third-order valence-electron chi connectivity index (χ3n) is 2.30. The van der Waals surface area contributed by atoms with Crippen LogP contribution < -0.4 is 0 Å². The molecule has 14 heavy (non-hydrogen) atoms. The zero-order valence-electron chi connectivity index (χ0n) is 8.02. The van der Waals surface area contributed by atoms with Crippen LogP contribution in [0.2, 0.25) is 0 Å². The van der Waals surface area contributed by atoms with Gasteiger partial charge in [-0.2, -0.15) is 0 Å². The summed E-state index contributed by atoms with van der Waals surface area (Å²) in [7, 11) is 0. The maximum Gasteiger partial charge on any atom is 0.133 e. The molecule has 0 saturated carbocycles. The Morgan fingerprint density at radius 1 is 1.36 bits per heavy atom. The standard InChI is InChI=1S/C10H14N2O2/c13-10-2-1-9(11-7-10)8-12-3-5-14-6-4-12/h1-2,7,13H,3-6,8H2. The molecule has 2 rings (SSSR count). The van der Waals surface area contributed by atoms with E-state index in [2.05, 4.69) is 9.88 Å². The number of nitrogens with zero attached hydrogens (tertiary/aromatic N) is 2. The summed E-state index contributed by atoms with van der Waals surface area (Å²) in [5.74, 6) is 0.218. The Labute approximate surface area is 83.1 Å². The lowest BCUT2D eigenvalue weighted by atomic mass is 10.3. The maximum absolute atomic E-state index is 9.07. The average Bonchev–Trinajstić information content (AvgIpc) is 2.23. The number of hydrogen-bond acceptors (Lipinski definition) is 4. The first-order valence-corrected chi connectivity index (χ1v) is 4.78. The van der Waals surface area contributed by atoms with E-state index in [0.717, 1.165) is 38.5 Å². The van der Waals surface area contributed by atoms with E-state index in [-0.39, 0.29) is 5.75 Å². The number of hydrogen-bond donors (Lipinski definition) is 1. The molecule has 0 atom stereocenters. The molecule has 1 saturated heterocycles. The largest absolute Gasteiger partial charge is 0.506 e. The van der Waals surface area contributed by atoms with Crippen molar-refractivity contribution in [3.63, 3.8) is 0 Å². The monoisotopic (exact) mass is 194 g/mol. The van der Waals surface area contributed by atoms with Crippen LogP contribution in [0.3, 0.4) is 0 Å². The number of rotatable bonds is 2. The van der Waals surface area contributed by atoms with E-state index in [1.807, 2.05) is 6.07 Å². The van der Waals surface area contributed by atoms with Gasteiger partial charge in [-0.3, -0.25) is 9.88 Å². The van der Waals surface area contributed by atoms with Crippen LogP contribution in [0.4, 0.5) is 0 Å².